The van der Waals surface area contributed by atoms with Crippen molar-refractivity contribution < 1.29 is 13.9 Å². The van der Waals surface area contributed by atoms with Gasteiger partial charge in [0, 0.05) is 12.1 Å². The predicted octanol–water partition coefficient (Wildman–Crippen LogP) is 3.77. The number of benzene rings is 2. The van der Waals surface area contributed by atoms with Gasteiger partial charge in [0.1, 0.15) is 11.5 Å². The van der Waals surface area contributed by atoms with Gasteiger partial charge in [-0.15, -0.1) is 0 Å². The van der Waals surface area contributed by atoms with Gasteiger partial charge >= 0.3 is 0 Å². The summed E-state index contributed by atoms with van der Waals surface area (Å²) in [6.45, 7) is 2.07. The van der Waals surface area contributed by atoms with Gasteiger partial charge in [0.15, 0.2) is 11.6 Å². The van der Waals surface area contributed by atoms with Gasteiger partial charge in [0.2, 0.25) is 0 Å². The summed E-state index contributed by atoms with van der Waals surface area (Å²) in [5.74, 6) is 0.540. The molecule has 0 aromatic heterocycles. The Morgan fingerprint density at radius 3 is 2.37 bits per heavy atom. The second kappa shape index (κ2) is 5.61. The summed E-state index contributed by atoms with van der Waals surface area (Å²) in [7, 11) is 1.48. The van der Waals surface area contributed by atoms with E-state index in [2.05, 4.69) is 6.92 Å². The lowest BCUT2D eigenvalue weighted by molar-refractivity contribution is 0.403. The topological polar surface area (TPSA) is 44.5 Å². The maximum absolute atomic E-state index is 13.7. The highest BCUT2D eigenvalue weighted by atomic mass is 19.1. The van der Waals surface area contributed by atoms with Crippen LogP contribution in [0.3, 0.4) is 0 Å². The van der Waals surface area contributed by atoms with E-state index in [1.54, 1.807) is 12.1 Å². The van der Waals surface area contributed by atoms with Gasteiger partial charge < -0.3 is 15.2 Å². The van der Waals surface area contributed by atoms with Crippen LogP contribution in [0.15, 0.2) is 36.4 Å². The van der Waals surface area contributed by atoms with Crippen LogP contribution >= 0.6 is 0 Å². The van der Waals surface area contributed by atoms with Crippen LogP contribution in [0.1, 0.15) is 12.5 Å². The van der Waals surface area contributed by atoms with E-state index in [4.69, 9.17) is 15.2 Å². The fourth-order valence-corrected chi connectivity index (χ4v) is 1.73. The number of nitrogen functional groups attached to an aromatic ring is 1. The van der Waals surface area contributed by atoms with Gasteiger partial charge in [-0.1, -0.05) is 19.1 Å². The number of aryl methyl sites for hydroxylation is 1. The first-order chi connectivity index (χ1) is 9.13. The fourth-order valence-electron chi connectivity index (χ4n) is 1.73. The van der Waals surface area contributed by atoms with E-state index in [0.29, 0.717) is 11.5 Å². The summed E-state index contributed by atoms with van der Waals surface area (Å²) >= 11 is 0. The Morgan fingerprint density at radius 1 is 1.11 bits per heavy atom. The highest BCUT2D eigenvalue weighted by Crippen LogP contribution is 2.32. The second-order valence-corrected chi connectivity index (χ2v) is 4.12. The van der Waals surface area contributed by atoms with Crippen LogP contribution in [0.2, 0.25) is 0 Å². The number of hydrogen-bond acceptors (Lipinski definition) is 3. The third-order valence-electron chi connectivity index (χ3n) is 2.84. The van der Waals surface area contributed by atoms with E-state index in [0.717, 1.165) is 6.42 Å². The summed E-state index contributed by atoms with van der Waals surface area (Å²) in [5, 5.41) is 0. The monoisotopic (exact) mass is 261 g/mol. The minimum Gasteiger partial charge on any atom is -0.494 e. The molecular formula is C15H16FNO2. The van der Waals surface area contributed by atoms with Crippen molar-refractivity contribution in [1.82, 2.24) is 0 Å². The largest absolute Gasteiger partial charge is 0.494 e. The van der Waals surface area contributed by atoms with Crippen molar-refractivity contribution in [3.8, 4) is 17.2 Å². The fraction of sp³-hybridized carbons (Fsp3) is 0.200. The molecule has 0 saturated carbocycles. The van der Waals surface area contributed by atoms with E-state index >= 15 is 0 Å². The first-order valence-electron chi connectivity index (χ1n) is 6.04. The second-order valence-electron chi connectivity index (χ2n) is 4.12. The minimum atomic E-state index is -0.516. The highest BCUT2D eigenvalue weighted by molar-refractivity contribution is 5.56. The molecule has 0 unspecified atom stereocenters. The molecule has 0 saturated heterocycles. The molecule has 2 aromatic rings. The molecule has 0 aliphatic carbocycles. The van der Waals surface area contributed by atoms with Crippen molar-refractivity contribution in [3.63, 3.8) is 0 Å². The number of nitrogens with two attached hydrogens (primary N) is 1. The minimum absolute atomic E-state index is 0.0929. The number of halogens is 1. The van der Waals surface area contributed by atoms with Crippen molar-refractivity contribution >= 4 is 5.69 Å². The van der Waals surface area contributed by atoms with Crippen molar-refractivity contribution in [3.05, 3.63) is 47.8 Å². The molecule has 0 fully saturated rings. The summed E-state index contributed by atoms with van der Waals surface area (Å²) in [5.41, 5.74) is 7.05. The molecular weight excluding hydrogens is 245 g/mol. The lowest BCUT2D eigenvalue weighted by atomic mass is 10.2. The zero-order valence-electron chi connectivity index (χ0n) is 10.9. The molecule has 0 heterocycles. The molecule has 3 nitrogen and oxygen atoms in total. The number of methoxy groups -OCH3 is 1. The Morgan fingerprint density at radius 2 is 1.79 bits per heavy atom. The average molecular weight is 261 g/mol. The number of hydrogen-bond donors (Lipinski definition) is 1. The van der Waals surface area contributed by atoms with Crippen LogP contribution in [0.5, 0.6) is 17.2 Å². The Kier molecular flexibility index (Phi) is 3.90. The molecule has 0 bridgehead atoms. The molecule has 0 spiro atoms. The van der Waals surface area contributed by atoms with Crippen LogP contribution in [0.25, 0.3) is 0 Å². The Balaban J connectivity index is 2.26. The Bertz CT molecular complexity index is 567. The molecule has 2 aromatic carbocycles. The average Bonchev–Trinajstić information content (AvgIpc) is 2.42. The maximum atomic E-state index is 13.7. The smallest absolute Gasteiger partial charge is 0.168 e. The quantitative estimate of drug-likeness (QED) is 0.852. The highest BCUT2D eigenvalue weighted by Gasteiger charge is 2.10. The van der Waals surface area contributed by atoms with Crippen LogP contribution in [-0.4, -0.2) is 7.11 Å². The Hall–Kier alpha value is -2.23. The van der Waals surface area contributed by atoms with E-state index in [9.17, 15) is 4.39 Å². The summed E-state index contributed by atoms with van der Waals surface area (Å²) < 4.78 is 24.3. The van der Waals surface area contributed by atoms with Crippen molar-refractivity contribution in [2.24, 2.45) is 0 Å². The predicted molar refractivity (Wildman–Crippen MR) is 73.3 cm³/mol. The van der Waals surface area contributed by atoms with Crippen molar-refractivity contribution in [2.75, 3.05) is 12.8 Å². The van der Waals surface area contributed by atoms with E-state index in [1.807, 2.05) is 12.1 Å². The maximum Gasteiger partial charge on any atom is 0.168 e. The standard InChI is InChI=1S/C15H16FNO2/c1-3-10-4-6-11(7-5-10)19-14-9-15(18-2)13(17)8-12(14)16/h4-9H,3,17H2,1-2H3. The van der Waals surface area contributed by atoms with Gasteiger partial charge in [-0.25, -0.2) is 4.39 Å². The number of rotatable bonds is 4. The van der Waals surface area contributed by atoms with E-state index < -0.39 is 5.82 Å². The number of ether oxygens (including phenoxy) is 2. The lowest BCUT2D eigenvalue weighted by Crippen LogP contribution is -1.96. The van der Waals surface area contributed by atoms with E-state index in [-0.39, 0.29) is 11.4 Å². The van der Waals surface area contributed by atoms with Crippen LogP contribution in [-0.2, 0) is 6.42 Å². The summed E-state index contributed by atoms with van der Waals surface area (Å²) in [6.07, 6.45) is 0.949. The first kappa shape index (κ1) is 13.2. The molecule has 0 aliphatic heterocycles. The summed E-state index contributed by atoms with van der Waals surface area (Å²) in [4.78, 5) is 0. The third-order valence-corrected chi connectivity index (χ3v) is 2.84. The lowest BCUT2D eigenvalue weighted by Gasteiger charge is -2.10. The molecule has 19 heavy (non-hydrogen) atoms. The van der Waals surface area contributed by atoms with Gasteiger partial charge in [0.05, 0.1) is 12.8 Å². The van der Waals surface area contributed by atoms with Crippen LogP contribution < -0.4 is 15.2 Å². The number of anilines is 1. The molecule has 4 heteroatoms. The Labute approximate surface area is 111 Å². The van der Waals surface area contributed by atoms with Crippen LogP contribution in [0.4, 0.5) is 10.1 Å². The summed E-state index contributed by atoms with van der Waals surface area (Å²) in [6, 6.07) is 10.1. The molecule has 0 atom stereocenters. The normalized spacial score (nSPS) is 10.3. The van der Waals surface area contributed by atoms with Gasteiger partial charge in [-0.05, 0) is 24.1 Å². The van der Waals surface area contributed by atoms with Crippen molar-refractivity contribution in [2.45, 2.75) is 13.3 Å². The molecule has 2 rings (SSSR count). The van der Waals surface area contributed by atoms with Crippen molar-refractivity contribution in [1.29, 1.82) is 0 Å². The first-order valence-corrected chi connectivity index (χ1v) is 6.04. The SMILES string of the molecule is CCc1ccc(Oc2cc(OC)c(N)cc2F)cc1. The van der Waals surface area contributed by atoms with Crippen LogP contribution in [0, 0.1) is 5.82 Å². The third kappa shape index (κ3) is 2.96. The van der Waals surface area contributed by atoms with Gasteiger partial charge in [-0.3, -0.25) is 0 Å². The van der Waals surface area contributed by atoms with Gasteiger partial charge in [0.25, 0.3) is 0 Å². The molecule has 0 amide bonds. The zero-order valence-corrected chi connectivity index (χ0v) is 10.9. The molecule has 0 radical (unpaired) electrons. The zero-order chi connectivity index (χ0) is 13.8. The molecule has 0 aliphatic rings. The van der Waals surface area contributed by atoms with E-state index in [1.165, 1.54) is 24.8 Å². The molecule has 2 N–H and O–H groups in total. The van der Waals surface area contributed by atoms with Gasteiger partial charge in [-0.2, -0.15) is 0 Å². The molecule has 100 valence electrons.